The van der Waals surface area contributed by atoms with E-state index in [4.69, 9.17) is 4.74 Å². The molecule has 3 rings (SSSR count). The Balaban J connectivity index is 1.66. The number of hydrogen-bond donors (Lipinski definition) is 3. The van der Waals surface area contributed by atoms with Gasteiger partial charge in [-0.05, 0) is 38.3 Å². The lowest BCUT2D eigenvalue weighted by molar-refractivity contribution is -0.121. The number of piperidine rings is 1. The van der Waals surface area contributed by atoms with Crippen LogP contribution in [0.1, 0.15) is 76.4 Å². The van der Waals surface area contributed by atoms with Crippen molar-refractivity contribution in [2.24, 2.45) is 11.8 Å². The van der Waals surface area contributed by atoms with Crippen LogP contribution >= 0.6 is 0 Å². The van der Waals surface area contributed by atoms with Crippen LogP contribution in [0.3, 0.4) is 0 Å². The Morgan fingerprint density at radius 1 is 1.14 bits per heavy atom. The number of halogens is 2. The molecule has 0 aromatic heterocycles. The predicted octanol–water partition coefficient (Wildman–Crippen LogP) is 4.53. The summed E-state index contributed by atoms with van der Waals surface area (Å²) in [5.74, 6) is -1.49. The van der Waals surface area contributed by atoms with Crippen LogP contribution in [0.25, 0.3) is 0 Å². The van der Waals surface area contributed by atoms with Gasteiger partial charge in [-0.2, -0.15) is 0 Å². The molecule has 1 aliphatic heterocycles. The summed E-state index contributed by atoms with van der Waals surface area (Å²) < 4.78 is 35.0. The van der Waals surface area contributed by atoms with E-state index < -0.39 is 17.7 Å². The Morgan fingerprint density at radius 3 is 2.65 bits per heavy atom. The van der Waals surface area contributed by atoms with Gasteiger partial charge >= 0.3 is 6.03 Å². The normalized spacial score (nSPS) is 20.3. The van der Waals surface area contributed by atoms with E-state index in [2.05, 4.69) is 16.0 Å². The number of amides is 3. The van der Waals surface area contributed by atoms with E-state index in [1.807, 2.05) is 7.05 Å². The van der Waals surface area contributed by atoms with Gasteiger partial charge in [-0.15, -0.1) is 0 Å². The number of likely N-dealkylation sites (tertiary alicyclic amines) is 1. The molecule has 1 aromatic rings. The van der Waals surface area contributed by atoms with Gasteiger partial charge in [0.1, 0.15) is 0 Å². The zero-order chi connectivity index (χ0) is 26.6. The predicted molar refractivity (Wildman–Crippen MR) is 140 cm³/mol. The summed E-state index contributed by atoms with van der Waals surface area (Å²) >= 11 is 0. The van der Waals surface area contributed by atoms with Gasteiger partial charge in [0.2, 0.25) is 5.91 Å². The zero-order valence-corrected chi connectivity index (χ0v) is 22.4. The summed E-state index contributed by atoms with van der Waals surface area (Å²) in [6.45, 7) is 3.93. The lowest BCUT2D eigenvalue weighted by Gasteiger charge is -2.38. The van der Waals surface area contributed by atoms with E-state index in [0.29, 0.717) is 32.0 Å². The van der Waals surface area contributed by atoms with Crippen LogP contribution < -0.4 is 16.0 Å². The molecule has 7 nitrogen and oxygen atoms in total. The van der Waals surface area contributed by atoms with Crippen molar-refractivity contribution in [1.82, 2.24) is 20.9 Å². The number of nitrogens with one attached hydrogen (secondary N) is 3. The van der Waals surface area contributed by atoms with Crippen LogP contribution in [0.15, 0.2) is 18.2 Å². The zero-order valence-electron chi connectivity index (χ0n) is 22.4. The number of carbonyl (C=O) groups excluding carboxylic acids is 2. The lowest BCUT2D eigenvalue weighted by atomic mass is 9.85. The second kappa shape index (κ2) is 15.2. The maximum Gasteiger partial charge on any atom is 0.317 e. The third-order valence-corrected chi connectivity index (χ3v) is 7.62. The molecular formula is C28H44F2N4O3. The van der Waals surface area contributed by atoms with E-state index in [0.717, 1.165) is 25.3 Å². The maximum atomic E-state index is 14.8. The van der Waals surface area contributed by atoms with Crippen LogP contribution in [0, 0.1) is 23.5 Å². The minimum atomic E-state index is -0.923. The first-order valence-electron chi connectivity index (χ1n) is 13.9. The summed E-state index contributed by atoms with van der Waals surface area (Å²) in [4.78, 5) is 26.6. The van der Waals surface area contributed by atoms with Crippen molar-refractivity contribution in [3.8, 4) is 0 Å². The van der Waals surface area contributed by atoms with Gasteiger partial charge in [-0.3, -0.25) is 4.79 Å². The fourth-order valence-corrected chi connectivity index (χ4v) is 5.69. The summed E-state index contributed by atoms with van der Waals surface area (Å²) in [5.41, 5.74) is 0.152. The molecule has 2 aliphatic rings. The summed E-state index contributed by atoms with van der Waals surface area (Å²) in [6, 6.07) is 4.04. The molecule has 1 aromatic carbocycles. The van der Waals surface area contributed by atoms with Gasteiger partial charge in [-0.25, -0.2) is 13.6 Å². The van der Waals surface area contributed by atoms with E-state index in [-0.39, 0.29) is 42.6 Å². The minimum Gasteiger partial charge on any atom is -0.371 e. The SMILES string of the molecule is CCC(=O)NCCO[C@@H](c1cccc(F)c1F)C1CCCN(C(=O)N[C@H](CNC)CC2CCCCC2)C1. The fourth-order valence-electron chi connectivity index (χ4n) is 5.69. The molecular weight excluding hydrogens is 478 g/mol. The second-order valence-corrected chi connectivity index (χ2v) is 10.4. The standard InChI is InChI=1S/C28H44F2N4O3/c1-3-25(35)32-14-16-37-27(23-12-7-13-24(29)26(23)30)21-11-8-15-34(19-21)28(36)33-22(18-31-2)17-20-9-5-4-6-10-20/h7,12-13,20-22,27,31H,3-6,8-11,14-19H2,1-2H3,(H,32,35)(H,33,36)/t21?,22-,27+/m0/s1. The monoisotopic (exact) mass is 522 g/mol. The van der Waals surface area contributed by atoms with Crippen LogP contribution in [0.4, 0.5) is 13.6 Å². The highest BCUT2D eigenvalue weighted by atomic mass is 19.2. The van der Waals surface area contributed by atoms with Crippen molar-refractivity contribution in [2.45, 2.75) is 76.9 Å². The molecule has 3 atom stereocenters. The van der Waals surface area contributed by atoms with Crippen LogP contribution in [0.5, 0.6) is 0 Å². The first-order valence-corrected chi connectivity index (χ1v) is 13.9. The number of ether oxygens (including phenoxy) is 1. The van der Waals surface area contributed by atoms with E-state index >= 15 is 0 Å². The van der Waals surface area contributed by atoms with Gasteiger partial charge in [0.05, 0.1) is 12.7 Å². The molecule has 0 bridgehead atoms. The third kappa shape index (κ3) is 8.92. The average Bonchev–Trinajstić information content (AvgIpc) is 2.91. The molecule has 208 valence electrons. The molecule has 3 N–H and O–H groups in total. The van der Waals surface area contributed by atoms with Crippen molar-refractivity contribution in [1.29, 1.82) is 0 Å². The van der Waals surface area contributed by atoms with Crippen LogP contribution in [0.2, 0.25) is 0 Å². The molecule has 1 saturated heterocycles. The first-order chi connectivity index (χ1) is 17.9. The number of rotatable bonds is 12. The molecule has 2 fully saturated rings. The van der Waals surface area contributed by atoms with E-state index in [1.54, 1.807) is 17.9 Å². The minimum absolute atomic E-state index is 0.0517. The topological polar surface area (TPSA) is 82.7 Å². The largest absolute Gasteiger partial charge is 0.371 e. The molecule has 3 amide bonds. The Labute approximate surface area is 220 Å². The maximum absolute atomic E-state index is 14.8. The molecule has 9 heteroatoms. The highest BCUT2D eigenvalue weighted by Gasteiger charge is 2.34. The Morgan fingerprint density at radius 2 is 1.92 bits per heavy atom. The van der Waals surface area contributed by atoms with E-state index in [9.17, 15) is 18.4 Å². The third-order valence-electron chi connectivity index (χ3n) is 7.62. The summed E-state index contributed by atoms with van der Waals surface area (Å²) in [7, 11) is 1.90. The van der Waals surface area contributed by atoms with Crippen LogP contribution in [-0.2, 0) is 9.53 Å². The highest BCUT2D eigenvalue weighted by molar-refractivity contribution is 5.75. The number of likely N-dealkylation sites (N-methyl/N-ethyl adjacent to an activating group) is 1. The highest BCUT2D eigenvalue weighted by Crippen LogP contribution is 2.35. The van der Waals surface area contributed by atoms with Crippen molar-refractivity contribution in [3.05, 3.63) is 35.4 Å². The Hall–Kier alpha value is -2.26. The van der Waals surface area contributed by atoms with Gasteiger partial charge in [0, 0.05) is 50.1 Å². The van der Waals surface area contributed by atoms with Gasteiger partial charge in [0.25, 0.3) is 0 Å². The van der Waals surface area contributed by atoms with Gasteiger partial charge in [-0.1, -0.05) is 51.2 Å². The molecule has 37 heavy (non-hydrogen) atoms. The Kier molecular flexibility index (Phi) is 12.1. The second-order valence-electron chi connectivity index (χ2n) is 10.4. The quantitative estimate of drug-likeness (QED) is 0.352. The van der Waals surface area contributed by atoms with E-state index in [1.165, 1.54) is 38.2 Å². The van der Waals surface area contributed by atoms with Crippen molar-refractivity contribution >= 4 is 11.9 Å². The Bertz CT molecular complexity index is 866. The smallest absolute Gasteiger partial charge is 0.317 e. The number of carbonyl (C=O) groups is 2. The molecule has 0 radical (unpaired) electrons. The molecule has 0 spiro atoms. The van der Waals surface area contributed by atoms with Crippen molar-refractivity contribution in [3.63, 3.8) is 0 Å². The lowest BCUT2D eigenvalue weighted by Crippen LogP contribution is -2.52. The fraction of sp³-hybridized carbons (Fsp3) is 0.714. The van der Waals surface area contributed by atoms with Crippen molar-refractivity contribution < 1.29 is 23.1 Å². The number of benzene rings is 1. The number of nitrogens with zero attached hydrogens (tertiary/aromatic N) is 1. The summed E-state index contributed by atoms with van der Waals surface area (Å²) in [6.07, 6.45) is 8.36. The van der Waals surface area contributed by atoms with Gasteiger partial charge in [0.15, 0.2) is 11.6 Å². The summed E-state index contributed by atoms with van der Waals surface area (Å²) in [5, 5.41) is 9.18. The number of urea groups is 1. The van der Waals surface area contributed by atoms with Crippen molar-refractivity contribution in [2.75, 3.05) is 39.8 Å². The molecule has 1 saturated carbocycles. The molecule has 1 heterocycles. The molecule has 1 aliphatic carbocycles. The number of hydrogen-bond acceptors (Lipinski definition) is 4. The first kappa shape index (κ1) is 29.3. The average molecular weight is 523 g/mol. The molecule has 1 unspecified atom stereocenters. The van der Waals surface area contributed by atoms with Crippen LogP contribution in [-0.4, -0.2) is 62.7 Å². The van der Waals surface area contributed by atoms with Gasteiger partial charge < -0.3 is 25.6 Å².